The van der Waals surface area contributed by atoms with Gasteiger partial charge in [-0.05, 0) is 62.5 Å². The van der Waals surface area contributed by atoms with Gasteiger partial charge in [0, 0.05) is 49.1 Å². The number of amides is 1. The molecule has 1 amide bonds. The summed E-state index contributed by atoms with van der Waals surface area (Å²) in [6.07, 6.45) is 6.33. The van der Waals surface area contributed by atoms with E-state index in [0.717, 1.165) is 22.7 Å². The van der Waals surface area contributed by atoms with Crippen molar-refractivity contribution in [1.29, 1.82) is 0 Å². The van der Waals surface area contributed by atoms with Crippen molar-refractivity contribution < 1.29 is 27.4 Å². The molecular formula is C26H29N4O6PS. The Labute approximate surface area is 221 Å². The number of likely N-dealkylation sites (tertiary alicyclic amines) is 1. The smallest absolute Gasteiger partial charge is 0.228 e. The van der Waals surface area contributed by atoms with Crippen molar-refractivity contribution in [2.75, 3.05) is 20.0 Å². The zero-order valence-corrected chi connectivity index (χ0v) is 23.2. The van der Waals surface area contributed by atoms with Crippen LogP contribution in [-0.4, -0.2) is 60.8 Å². The molecule has 38 heavy (non-hydrogen) atoms. The van der Waals surface area contributed by atoms with Gasteiger partial charge >= 0.3 is 0 Å². The van der Waals surface area contributed by atoms with Crippen LogP contribution < -0.4 is 10.0 Å². The summed E-state index contributed by atoms with van der Waals surface area (Å²) in [7, 11) is -5.18. The number of fused-ring (bicyclic) bond motifs is 1. The number of rotatable bonds is 8. The fourth-order valence-corrected chi connectivity index (χ4v) is 5.48. The molecule has 0 bridgehead atoms. The molecule has 0 aliphatic carbocycles. The minimum Gasteiger partial charge on any atom is -0.462 e. The number of carbonyl (C=O) groups excluding carboxylic acids is 1. The molecule has 12 heteroatoms. The van der Waals surface area contributed by atoms with Gasteiger partial charge in [-0.1, -0.05) is 0 Å². The number of nitrogens with zero attached hydrogens (tertiary/aromatic N) is 3. The van der Waals surface area contributed by atoms with Crippen LogP contribution in [0.4, 0.5) is 0 Å². The molecule has 3 aromatic rings. The lowest BCUT2D eigenvalue weighted by atomic mass is 10.0. The Hall–Kier alpha value is -3.53. The Morgan fingerprint density at radius 3 is 2.61 bits per heavy atom. The van der Waals surface area contributed by atoms with Crippen molar-refractivity contribution in [3.05, 3.63) is 65.0 Å². The zero-order valence-electron chi connectivity index (χ0n) is 21.5. The Morgan fingerprint density at radius 1 is 1.32 bits per heavy atom. The van der Waals surface area contributed by atoms with E-state index in [0.29, 0.717) is 35.7 Å². The largest absolute Gasteiger partial charge is 0.462 e. The molecule has 0 radical (unpaired) electrons. The van der Waals surface area contributed by atoms with Gasteiger partial charge in [0.15, 0.2) is 14.9 Å². The highest BCUT2D eigenvalue weighted by Gasteiger charge is 2.31. The second-order valence-corrected chi connectivity index (χ2v) is 13.6. The summed E-state index contributed by atoms with van der Waals surface area (Å²) in [6, 6.07) is 8.75. The molecule has 2 unspecified atom stereocenters. The lowest BCUT2D eigenvalue weighted by Crippen LogP contribution is -2.22. The van der Waals surface area contributed by atoms with Gasteiger partial charge in [-0.15, -0.1) is 0 Å². The Morgan fingerprint density at radius 2 is 2.05 bits per heavy atom. The number of aromatic nitrogens is 2. The number of hydrogen-bond donors (Lipinski definition) is 2. The van der Waals surface area contributed by atoms with Gasteiger partial charge in [0.05, 0.1) is 22.7 Å². The van der Waals surface area contributed by atoms with Crippen LogP contribution in [-0.2, 0) is 19.2 Å². The Kier molecular flexibility index (Phi) is 7.47. The average molecular weight is 557 g/mol. The van der Waals surface area contributed by atoms with Crippen LogP contribution in [0.2, 0.25) is 0 Å². The van der Waals surface area contributed by atoms with E-state index in [-0.39, 0.29) is 22.3 Å². The molecule has 2 N–H and O–H groups in total. The fourth-order valence-electron chi connectivity index (χ4n) is 4.31. The third-order valence-electron chi connectivity index (χ3n) is 6.37. The molecule has 1 aromatic carbocycles. The highest BCUT2D eigenvalue weighted by Crippen LogP contribution is 2.40. The molecule has 1 aliphatic heterocycles. The first-order chi connectivity index (χ1) is 17.8. The number of nitrogens with one attached hydrogen (secondary N) is 1. The number of sulfone groups is 1. The summed E-state index contributed by atoms with van der Waals surface area (Å²) in [5.74, 6) is 0.989. The maximum atomic E-state index is 12.3. The highest BCUT2D eigenvalue weighted by molar-refractivity contribution is 7.94. The van der Waals surface area contributed by atoms with E-state index >= 15 is 0 Å². The van der Waals surface area contributed by atoms with Crippen LogP contribution in [0.15, 0.2) is 64.5 Å². The molecule has 0 saturated carbocycles. The van der Waals surface area contributed by atoms with E-state index in [2.05, 4.69) is 21.7 Å². The van der Waals surface area contributed by atoms with Gasteiger partial charge in [0.1, 0.15) is 11.5 Å². The van der Waals surface area contributed by atoms with Crippen LogP contribution >= 0.6 is 7.37 Å². The SMILES string of the molecule is C=NC(=CC=C(C)Oc1cc2cc(-c3ccc(P(C)(=O)O)cn3)[nH]c2cc1C1CCC(=O)N1C)S(C)(=O)=O. The molecule has 4 rings (SSSR count). The lowest BCUT2D eigenvalue weighted by Gasteiger charge is -2.23. The molecule has 2 atom stereocenters. The number of allylic oxidation sites excluding steroid dienone is 3. The molecule has 2 aromatic heterocycles. The molecule has 0 spiro atoms. The third-order valence-corrected chi connectivity index (χ3v) is 8.62. The standard InChI is InChI=1S/C26H29N4O6PS/c1-16(6-10-25(27-2)38(5,34)35)36-24-13-17-12-22(20-8-7-18(15-28-20)37(4,32)33)29-21(17)14-19(24)23-9-11-26(31)30(23)3/h6-8,10,12-15,23,29H,2,9,11H2,1,3-5H3,(H,32,33). The number of ether oxygens (including phenoxy) is 1. The fraction of sp³-hybridized carbons (Fsp3) is 0.269. The van der Waals surface area contributed by atoms with Gasteiger partial charge in [-0.2, -0.15) is 0 Å². The van der Waals surface area contributed by atoms with Crippen LogP contribution in [0.5, 0.6) is 5.75 Å². The number of carbonyl (C=O) groups is 1. The van der Waals surface area contributed by atoms with Crippen molar-refractivity contribution in [3.8, 4) is 17.1 Å². The first-order valence-electron chi connectivity index (χ1n) is 11.7. The summed E-state index contributed by atoms with van der Waals surface area (Å²) < 4.78 is 41.7. The van der Waals surface area contributed by atoms with Crippen LogP contribution in [0.1, 0.15) is 31.4 Å². The molecule has 1 aliphatic rings. The average Bonchev–Trinajstić information content (AvgIpc) is 3.40. The maximum Gasteiger partial charge on any atom is 0.228 e. The first kappa shape index (κ1) is 27.5. The molecule has 10 nitrogen and oxygen atoms in total. The summed E-state index contributed by atoms with van der Waals surface area (Å²) in [5.41, 5.74) is 2.92. The number of pyridine rings is 1. The molecule has 3 heterocycles. The Balaban J connectivity index is 1.76. The van der Waals surface area contributed by atoms with Crippen LogP contribution in [0, 0.1) is 0 Å². The summed E-state index contributed by atoms with van der Waals surface area (Å²) in [6.45, 7) is 6.27. The van der Waals surface area contributed by atoms with Crippen molar-refractivity contribution in [2.24, 2.45) is 4.99 Å². The monoisotopic (exact) mass is 556 g/mol. The van der Waals surface area contributed by atoms with Gasteiger partial charge in [-0.3, -0.25) is 19.3 Å². The predicted octanol–water partition coefficient (Wildman–Crippen LogP) is 3.92. The number of aromatic amines is 1. The summed E-state index contributed by atoms with van der Waals surface area (Å²) in [5, 5.41) is 0.922. The van der Waals surface area contributed by atoms with Crippen LogP contribution in [0.3, 0.4) is 0 Å². The lowest BCUT2D eigenvalue weighted by molar-refractivity contribution is -0.127. The minimum atomic E-state index is -3.53. The van der Waals surface area contributed by atoms with E-state index in [1.807, 2.05) is 18.2 Å². The molecule has 200 valence electrons. The van der Waals surface area contributed by atoms with Gasteiger partial charge in [0.2, 0.25) is 13.3 Å². The second-order valence-electron chi connectivity index (χ2n) is 9.31. The maximum absolute atomic E-state index is 12.3. The van der Waals surface area contributed by atoms with E-state index in [1.54, 1.807) is 31.0 Å². The summed E-state index contributed by atoms with van der Waals surface area (Å²) in [4.78, 5) is 35.0. The van der Waals surface area contributed by atoms with Crippen molar-refractivity contribution in [2.45, 2.75) is 25.8 Å². The van der Waals surface area contributed by atoms with Crippen molar-refractivity contribution >= 4 is 46.0 Å². The topological polar surface area (TPSA) is 142 Å². The van der Waals surface area contributed by atoms with Gasteiger partial charge < -0.3 is 19.5 Å². The van der Waals surface area contributed by atoms with Crippen LogP contribution in [0.25, 0.3) is 22.3 Å². The van der Waals surface area contributed by atoms with E-state index in [1.165, 1.54) is 25.0 Å². The third kappa shape index (κ3) is 5.80. The quantitative estimate of drug-likeness (QED) is 0.185. The Bertz CT molecular complexity index is 1630. The number of H-pyrrole nitrogens is 1. The second kappa shape index (κ2) is 10.3. The van der Waals surface area contributed by atoms with Crippen molar-refractivity contribution in [1.82, 2.24) is 14.9 Å². The number of aliphatic imine (C=N–C) groups is 1. The van der Waals surface area contributed by atoms with E-state index in [4.69, 9.17) is 4.74 Å². The normalized spacial score (nSPS) is 18.6. The first-order valence-corrected chi connectivity index (χ1v) is 15.7. The van der Waals surface area contributed by atoms with Gasteiger partial charge in [0.25, 0.3) is 0 Å². The summed E-state index contributed by atoms with van der Waals surface area (Å²) >= 11 is 0. The number of hydrogen-bond acceptors (Lipinski definition) is 7. The predicted molar refractivity (Wildman–Crippen MR) is 149 cm³/mol. The minimum absolute atomic E-state index is 0.0413. The van der Waals surface area contributed by atoms with E-state index < -0.39 is 17.2 Å². The zero-order chi connectivity index (χ0) is 27.8. The molecule has 1 saturated heterocycles. The van der Waals surface area contributed by atoms with E-state index in [9.17, 15) is 22.7 Å². The van der Waals surface area contributed by atoms with Gasteiger partial charge in [-0.25, -0.2) is 8.42 Å². The highest BCUT2D eigenvalue weighted by atomic mass is 32.2. The number of benzene rings is 1. The van der Waals surface area contributed by atoms with Crippen molar-refractivity contribution in [3.63, 3.8) is 0 Å². The molecular weight excluding hydrogens is 527 g/mol. The molecule has 1 fully saturated rings.